The highest BCUT2D eigenvalue weighted by Gasteiger charge is 2.50. The highest BCUT2D eigenvalue weighted by molar-refractivity contribution is 7.20. The van der Waals surface area contributed by atoms with E-state index in [4.69, 9.17) is 9.98 Å². The van der Waals surface area contributed by atoms with Gasteiger partial charge in [-0.05, 0) is 129 Å². The maximum atomic E-state index is 13.8. The molecule has 13 rings (SSSR count). The Labute approximate surface area is 350 Å². The second kappa shape index (κ2) is 12.3. The number of hydrogen-bond donors (Lipinski definition) is 0. The van der Waals surface area contributed by atoms with Crippen LogP contribution >= 0.6 is 22.7 Å². The fourth-order valence-corrected chi connectivity index (χ4v) is 14.1. The summed E-state index contributed by atoms with van der Waals surface area (Å²) >= 11 is 3.23. The number of benzene rings is 5. The largest absolute Gasteiger partial charge is 0.287 e. The zero-order valence-corrected chi connectivity index (χ0v) is 34.3. The van der Waals surface area contributed by atoms with Crippen LogP contribution in [0.15, 0.2) is 126 Å². The van der Waals surface area contributed by atoms with Gasteiger partial charge in [-0.2, -0.15) is 0 Å². The summed E-state index contributed by atoms with van der Waals surface area (Å²) in [5.41, 5.74) is 6.34. The lowest BCUT2D eigenvalue weighted by Gasteiger charge is -2.37. The van der Waals surface area contributed by atoms with Crippen LogP contribution in [0, 0.1) is 0 Å². The van der Waals surface area contributed by atoms with Gasteiger partial charge in [-0.25, -0.2) is 9.98 Å². The Kier molecular flexibility index (Phi) is 7.15. The Bertz CT molecular complexity index is 3340. The number of rotatable bonds is 2. The van der Waals surface area contributed by atoms with E-state index >= 15 is 0 Å². The van der Waals surface area contributed by atoms with Gasteiger partial charge in [-0.15, -0.1) is 22.7 Å². The monoisotopic (exact) mass is 816 g/mol. The van der Waals surface area contributed by atoms with Crippen LogP contribution in [0.5, 0.6) is 0 Å². The van der Waals surface area contributed by atoms with Crippen LogP contribution in [0.25, 0.3) is 64.0 Å². The van der Waals surface area contributed by atoms with E-state index < -0.39 is 0 Å². The van der Waals surface area contributed by atoms with E-state index in [1.165, 1.54) is 56.0 Å². The average Bonchev–Trinajstić information content (AvgIpc) is 4.09. The van der Waals surface area contributed by atoms with Crippen LogP contribution in [0.2, 0.25) is 0 Å². The Morgan fingerprint density at radius 3 is 1.07 bits per heavy atom. The molecule has 4 aliphatic carbocycles. The molecule has 2 heterocycles. The van der Waals surface area contributed by atoms with E-state index in [9.17, 15) is 19.2 Å². The van der Waals surface area contributed by atoms with Gasteiger partial charge in [-0.1, -0.05) is 87.1 Å². The van der Waals surface area contributed by atoms with Crippen LogP contribution in [-0.2, 0) is 10.8 Å². The van der Waals surface area contributed by atoms with E-state index in [-0.39, 0.29) is 43.3 Å². The van der Waals surface area contributed by atoms with Crippen LogP contribution in [-0.4, -0.2) is 0 Å². The van der Waals surface area contributed by atoms with Gasteiger partial charge >= 0.3 is 0 Å². The van der Waals surface area contributed by atoms with Crippen LogP contribution < -0.4 is 32.4 Å². The molecule has 60 heavy (non-hydrogen) atoms. The summed E-state index contributed by atoms with van der Waals surface area (Å²) in [5.74, 6) is 0. The van der Waals surface area contributed by atoms with Crippen molar-refractivity contribution in [1.29, 1.82) is 0 Å². The van der Waals surface area contributed by atoms with Crippen molar-refractivity contribution >= 4 is 75.8 Å². The lowest BCUT2D eigenvalue weighted by molar-refractivity contribution is 0.350. The summed E-state index contributed by atoms with van der Waals surface area (Å²) in [6.07, 6.45) is 11.1. The maximum Gasteiger partial charge on any atom is 0.216 e. The molecular weight excluding hydrogens is 781 g/mol. The number of hydrogen-bond acceptors (Lipinski definition) is 8. The molecule has 0 unspecified atom stereocenters. The third-order valence-corrected chi connectivity index (χ3v) is 16.7. The van der Waals surface area contributed by atoms with Gasteiger partial charge in [0.05, 0.1) is 0 Å². The smallest absolute Gasteiger partial charge is 0.216 e. The topological polar surface area (TPSA) is 93.0 Å². The fraction of sp³-hybridized carbons (Fsp3) is 0.231. The minimum atomic E-state index is -0.297. The minimum absolute atomic E-state index is 0.00962. The Balaban J connectivity index is 0.980. The third kappa shape index (κ3) is 4.58. The summed E-state index contributed by atoms with van der Waals surface area (Å²) in [5, 5.41) is 6.94. The quantitative estimate of drug-likeness (QED) is 0.174. The molecule has 4 aliphatic rings. The first-order chi connectivity index (χ1) is 29.3. The highest BCUT2D eigenvalue weighted by Crippen LogP contribution is 2.65. The Hall–Kier alpha value is -5.96. The van der Waals surface area contributed by atoms with Gasteiger partial charge in [0.25, 0.3) is 0 Å². The molecule has 7 aromatic carbocycles. The van der Waals surface area contributed by atoms with Crippen molar-refractivity contribution in [2.75, 3.05) is 0 Å². The number of thiophene rings is 2. The second-order valence-corrected chi connectivity index (χ2v) is 19.7. The summed E-state index contributed by atoms with van der Waals surface area (Å²) in [6.45, 7) is 0. The molecule has 0 amide bonds. The van der Waals surface area contributed by atoms with Gasteiger partial charge in [0.1, 0.15) is 10.0 Å². The summed E-state index contributed by atoms with van der Waals surface area (Å²) in [7, 11) is 0. The first-order valence-electron chi connectivity index (χ1n) is 21.2. The second-order valence-electron chi connectivity index (χ2n) is 17.6. The lowest BCUT2D eigenvalue weighted by Crippen LogP contribution is -2.31. The molecule has 2 fully saturated rings. The highest BCUT2D eigenvalue weighted by atomic mass is 32.1. The molecule has 0 radical (unpaired) electrons. The molecule has 8 heteroatoms. The summed E-state index contributed by atoms with van der Waals surface area (Å²) < 4.78 is 0. The van der Waals surface area contributed by atoms with Gasteiger partial charge in [-0.3, -0.25) is 19.2 Å². The van der Waals surface area contributed by atoms with Crippen molar-refractivity contribution in [3.63, 3.8) is 0 Å². The SMILES string of the molecule is O=c1c(=Nc2cc3c(s2)-c2cc4c(cc2C32CCCCC2)-c2sc(N=c3c(=O)c5cc6ccccc6cc5c3=O)cc2C42CCCCC2)c(=O)c2cc3ccccc3cc12. The lowest BCUT2D eigenvalue weighted by atomic mass is 9.66. The summed E-state index contributed by atoms with van der Waals surface area (Å²) in [6, 6.07) is 32.3. The van der Waals surface area contributed by atoms with Crippen molar-refractivity contribution in [3.8, 4) is 20.9 Å². The molecule has 0 N–H and O–H groups in total. The van der Waals surface area contributed by atoms with E-state index in [0.29, 0.717) is 31.5 Å². The van der Waals surface area contributed by atoms with Crippen molar-refractivity contribution in [3.05, 3.63) is 171 Å². The van der Waals surface area contributed by atoms with Crippen molar-refractivity contribution in [1.82, 2.24) is 0 Å². The van der Waals surface area contributed by atoms with Crippen LogP contribution in [0.1, 0.15) is 86.5 Å². The van der Waals surface area contributed by atoms with E-state index in [2.05, 4.69) is 24.3 Å². The average molecular weight is 817 g/mol. The molecule has 2 spiro atoms. The minimum Gasteiger partial charge on any atom is -0.287 e. The van der Waals surface area contributed by atoms with E-state index in [0.717, 1.165) is 72.9 Å². The Morgan fingerprint density at radius 1 is 0.400 bits per heavy atom. The van der Waals surface area contributed by atoms with Gasteiger partial charge in [0, 0.05) is 42.1 Å². The molecule has 0 aliphatic heterocycles. The molecule has 290 valence electrons. The van der Waals surface area contributed by atoms with E-state index in [1.54, 1.807) is 22.7 Å². The predicted molar refractivity (Wildman–Crippen MR) is 244 cm³/mol. The van der Waals surface area contributed by atoms with Crippen molar-refractivity contribution in [2.24, 2.45) is 9.98 Å². The van der Waals surface area contributed by atoms with Crippen LogP contribution in [0.4, 0.5) is 10.0 Å². The van der Waals surface area contributed by atoms with Crippen molar-refractivity contribution in [2.45, 2.75) is 75.0 Å². The normalized spacial score (nSPS) is 17.2. The zero-order chi connectivity index (χ0) is 40.1. The molecule has 9 aromatic rings. The molecule has 0 bridgehead atoms. The standard InChI is InChI=1S/C52H36N2O4S2/c55-45-31-19-27-11-3-4-12-28(27)20-32(31)46(56)43(45)53-41-25-39-49(59-41)35-24-38-36(23-37(35)51(39)15-7-1-8-16-51)50-40(52(38)17-9-2-10-18-52)26-42(60-50)54-44-47(57)33-21-29-13-5-6-14-30(29)22-34(33)48(44)58/h3-6,11-14,19-26H,1-2,7-10,15-18H2. The predicted octanol–water partition coefficient (Wildman–Crippen LogP) is 10.5. The van der Waals surface area contributed by atoms with Gasteiger partial charge in [0.15, 0.2) is 10.7 Å². The zero-order valence-electron chi connectivity index (χ0n) is 32.7. The number of fused-ring (bicyclic) bond motifs is 14. The Morgan fingerprint density at radius 2 is 0.733 bits per heavy atom. The fourth-order valence-electron chi connectivity index (χ4n) is 11.8. The molecular formula is C52H36N2O4S2. The van der Waals surface area contributed by atoms with Gasteiger partial charge < -0.3 is 0 Å². The summed E-state index contributed by atoms with van der Waals surface area (Å²) in [4.78, 5) is 67.3. The van der Waals surface area contributed by atoms with E-state index in [1.807, 2.05) is 72.8 Å². The van der Waals surface area contributed by atoms with Crippen molar-refractivity contribution < 1.29 is 0 Å². The first-order valence-corrected chi connectivity index (χ1v) is 22.8. The van der Waals surface area contributed by atoms with Gasteiger partial charge in [0.2, 0.25) is 21.7 Å². The number of nitrogens with zero attached hydrogens (tertiary/aromatic N) is 2. The molecule has 2 saturated carbocycles. The molecule has 0 atom stereocenters. The molecule has 0 saturated heterocycles. The third-order valence-electron chi connectivity index (χ3n) is 14.6. The molecule has 2 aromatic heterocycles. The van der Waals surface area contributed by atoms with Crippen LogP contribution in [0.3, 0.4) is 0 Å². The molecule has 6 nitrogen and oxygen atoms in total. The maximum absolute atomic E-state index is 13.8. The first kappa shape index (κ1) is 34.9.